The van der Waals surface area contributed by atoms with Crippen molar-refractivity contribution in [2.45, 2.75) is 6.18 Å². The average Bonchev–Trinajstić information content (AvgIpc) is 2.59. The fraction of sp³-hybridized carbons (Fsp3) is 0.250. The predicted octanol–water partition coefficient (Wildman–Crippen LogP) is 1.79. The van der Waals surface area contributed by atoms with E-state index in [2.05, 4.69) is 15.4 Å². The van der Waals surface area contributed by atoms with Crippen LogP contribution in [0.25, 0.3) is 5.52 Å². The summed E-state index contributed by atoms with van der Waals surface area (Å²) in [5, 5.41) is 6.10. The molecule has 0 aliphatic rings. The third-order valence-corrected chi connectivity index (χ3v) is 1.92. The zero-order valence-electron chi connectivity index (χ0n) is 7.71. The molecule has 0 saturated heterocycles. The number of rotatable bonds is 1. The molecule has 0 spiro atoms. The van der Waals surface area contributed by atoms with Gasteiger partial charge in [0, 0.05) is 25.5 Å². The first-order valence-electron chi connectivity index (χ1n) is 4.11. The molecule has 7 heteroatoms. The summed E-state index contributed by atoms with van der Waals surface area (Å²) in [5.41, 5.74) is -0.626. The van der Waals surface area contributed by atoms with Gasteiger partial charge in [-0.3, -0.25) is 0 Å². The summed E-state index contributed by atoms with van der Waals surface area (Å²) in [5.74, 6) is 0.362. The molecule has 0 bridgehead atoms. The number of nitrogens with zero attached hydrogens (tertiary/aromatic N) is 3. The highest BCUT2D eigenvalue weighted by Gasteiger charge is 2.34. The molecular weight excluding hydrogens is 209 g/mol. The van der Waals surface area contributed by atoms with E-state index < -0.39 is 11.9 Å². The summed E-state index contributed by atoms with van der Waals surface area (Å²) in [6, 6.07) is 0.957. The number of fused-ring (bicyclic) bond motifs is 1. The zero-order chi connectivity index (χ0) is 11.1. The molecule has 0 radical (unpaired) electrons. The fourth-order valence-corrected chi connectivity index (χ4v) is 1.25. The van der Waals surface area contributed by atoms with Crippen molar-refractivity contribution in [1.82, 2.24) is 14.6 Å². The summed E-state index contributed by atoms with van der Waals surface area (Å²) in [6.45, 7) is 0. The molecule has 0 atom stereocenters. The van der Waals surface area contributed by atoms with E-state index in [1.807, 2.05) is 0 Å². The number of anilines is 1. The van der Waals surface area contributed by atoms with Crippen LogP contribution >= 0.6 is 0 Å². The lowest BCUT2D eigenvalue weighted by Crippen LogP contribution is -2.05. The lowest BCUT2D eigenvalue weighted by atomic mass is 10.4. The van der Waals surface area contributed by atoms with Crippen molar-refractivity contribution in [3.8, 4) is 0 Å². The molecule has 2 aromatic rings. The smallest absolute Gasteiger partial charge is 0.371 e. The number of nitrogens with one attached hydrogen (secondary N) is 1. The number of hydrogen-bond donors (Lipinski definition) is 1. The van der Waals surface area contributed by atoms with Crippen LogP contribution in [-0.4, -0.2) is 21.6 Å². The molecular formula is C8H7F3N4. The van der Waals surface area contributed by atoms with Crippen LogP contribution in [0.3, 0.4) is 0 Å². The van der Waals surface area contributed by atoms with Gasteiger partial charge in [-0.15, -0.1) is 0 Å². The van der Waals surface area contributed by atoms with Crippen molar-refractivity contribution in [2.24, 2.45) is 0 Å². The molecule has 2 rings (SSSR count). The van der Waals surface area contributed by atoms with Gasteiger partial charge >= 0.3 is 6.18 Å². The molecule has 0 aliphatic carbocycles. The van der Waals surface area contributed by atoms with Gasteiger partial charge in [0.05, 0.1) is 0 Å². The van der Waals surface area contributed by atoms with Gasteiger partial charge in [-0.2, -0.15) is 18.3 Å². The molecule has 0 fully saturated rings. The monoisotopic (exact) mass is 216 g/mol. The van der Waals surface area contributed by atoms with Crippen molar-refractivity contribution in [1.29, 1.82) is 0 Å². The predicted molar refractivity (Wildman–Crippen MR) is 47.5 cm³/mol. The van der Waals surface area contributed by atoms with Crippen LogP contribution in [-0.2, 0) is 6.18 Å². The zero-order valence-corrected chi connectivity index (χ0v) is 7.71. The highest BCUT2D eigenvalue weighted by atomic mass is 19.4. The van der Waals surface area contributed by atoms with Gasteiger partial charge in [0.1, 0.15) is 5.52 Å². The van der Waals surface area contributed by atoms with Crippen LogP contribution in [0, 0.1) is 0 Å². The summed E-state index contributed by atoms with van der Waals surface area (Å²) >= 11 is 0. The minimum Gasteiger partial charge on any atom is -0.371 e. The summed E-state index contributed by atoms with van der Waals surface area (Å²) in [6.07, 6.45) is -1.69. The largest absolute Gasteiger partial charge is 0.435 e. The van der Waals surface area contributed by atoms with Crippen molar-refractivity contribution in [2.75, 3.05) is 12.4 Å². The van der Waals surface area contributed by atoms with E-state index >= 15 is 0 Å². The SMILES string of the molecule is CNc1nccn2nc(C(F)(F)F)cc12. The first-order valence-corrected chi connectivity index (χ1v) is 4.11. The van der Waals surface area contributed by atoms with E-state index in [0.29, 0.717) is 11.3 Å². The maximum atomic E-state index is 12.3. The molecule has 0 saturated carbocycles. The first kappa shape index (κ1) is 9.75. The van der Waals surface area contributed by atoms with E-state index in [9.17, 15) is 13.2 Å². The Morgan fingerprint density at radius 3 is 2.73 bits per heavy atom. The third-order valence-electron chi connectivity index (χ3n) is 1.92. The molecule has 80 valence electrons. The highest BCUT2D eigenvalue weighted by molar-refractivity contribution is 5.67. The molecule has 2 heterocycles. The van der Waals surface area contributed by atoms with Crippen LogP contribution in [0.2, 0.25) is 0 Å². The van der Waals surface area contributed by atoms with Crippen LogP contribution in [0.15, 0.2) is 18.5 Å². The number of aromatic nitrogens is 3. The Balaban J connectivity index is 2.65. The van der Waals surface area contributed by atoms with Crippen LogP contribution in [0.5, 0.6) is 0 Å². The minimum absolute atomic E-state index is 0.298. The van der Waals surface area contributed by atoms with Gasteiger partial charge < -0.3 is 5.32 Å². The van der Waals surface area contributed by atoms with Gasteiger partial charge in [-0.1, -0.05) is 0 Å². The van der Waals surface area contributed by atoms with Gasteiger partial charge in [0.2, 0.25) is 0 Å². The molecule has 1 N–H and O–H groups in total. The summed E-state index contributed by atoms with van der Waals surface area (Å²) in [7, 11) is 1.59. The van der Waals surface area contributed by atoms with E-state index in [0.717, 1.165) is 10.6 Å². The standard InChI is InChI=1S/C8H7F3N4/c1-12-7-5-4-6(8(9,10)11)14-15(5)3-2-13-7/h2-4H,1H3,(H,12,13). The molecule has 2 aromatic heterocycles. The first-order chi connectivity index (χ1) is 7.02. The van der Waals surface area contributed by atoms with Crippen LogP contribution in [0.1, 0.15) is 5.69 Å². The second-order valence-corrected chi connectivity index (χ2v) is 2.88. The Morgan fingerprint density at radius 2 is 2.13 bits per heavy atom. The van der Waals surface area contributed by atoms with Gasteiger partial charge in [-0.25, -0.2) is 9.50 Å². The average molecular weight is 216 g/mol. The van der Waals surface area contributed by atoms with E-state index in [1.54, 1.807) is 7.05 Å². The lowest BCUT2D eigenvalue weighted by molar-refractivity contribution is -0.141. The fourth-order valence-electron chi connectivity index (χ4n) is 1.25. The Labute approximate surface area is 82.7 Å². The molecule has 0 amide bonds. The van der Waals surface area contributed by atoms with E-state index in [1.165, 1.54) is 12.4 Å². The molecule has 0 aromatic carbocycles. The highest BCUT2D eigenvalue weighted by Crippen LogP contribution is 2.29. The van der Waals surface area contributed by atoms with Crippen molar-refractivity contribution < 1.29 is 13.2 Å². The minimum atomic E-state index is -4.43. The van der Waals surface area contributed by atoms with Gasteiger partial charge in [0.25, 0.3) is 0 Å². The Kier molecular flexibility index (Phi) is 2.02. The molecule has 0 unspecified atom stereocenters. The maximum Gasteiger partial charge on any atom is 0.435 e. The van der Waals surface area contributed by atoms with Gasteiger partial charge in [-0.05, 0) is 0 Å². The van der Waals surface area contributed by atoms with Crippen molar-refractivity contribution in [3.05, 3.63) is 24.2 Å². The summed E-state index contributed by atoms with van der Waals surface area (Å²) < 4.78 is 38.2. The quantitative estimate of drug-likeness (QED) is 0.790. The number of hydrogen-bond acceptors (Lipinski definition) is 3. The Hall–Kier alpha value is -1.79. The van der Waals surface area contributed by atoms with Crippen molar-refractivity contribution >= 4 is 11.3 Å². The normalized spacial score (nSPS) is 12.0. The summed E-state index contributed by atoms with van der Waals surface area (Å²) in [4.78, 5) is 3.88. The molecule has 0 aliphatic heterocycles. The van der Waals surface area contributed by atoms with Crippen LogP contribution in [0.4, 0.5) is 19.0 Å². The van der Waals surface area contributed by atoms with Crippen molar-refractivity contribution in [3.63, 3.8) is 0 Å². The van der Waals surface area contributed by atoms with E-state index in [4.69, 9.17) is 0 Å². The molecule has 4 nitrogen and oxygen atoms in total. The number of alkyl halides is 3. The van der Waals surface area contributed by atoms with Gasteiger partial charge in [0.15, 0.2) is 11.5 Å². The van der Waals surface area contributed by atoms with Crippen LogP contribution < -0.4 is 5.32 Å². The second kappa shape index (κ2) is 3.11. The Morgan fingerprint density at radius 1 is 1.40 bits per heavy atom. The second-order valence-electron chi connectivity index (χ2n) is 2.88. The number of halogens is 3. The topological polar surface area (TPSA) is 42.2 Å². The third kappa shape index (κ3) is 1.60. The molecule has 15 heavy (non-hydrogen) atoms. The van der Waals surface area contributed by atoms with E-state index in [-0.39, 0.29) is 0 Å². The Bertz CT molecular complexity index is 488. The lowest BCUT2D eigenvalue weighted by Gasteiger charge is -1.99. The maximum absolute atomic E-state index is 12.3.